The van der Waals surface area contributed by atoms with E-state index in [4.69, 9.17) is 44.3 Å². The van der Waals surface area contributed by atoms with Crippen molar-refractivity contribution in [3.05, 3.63) is 86.4 Å². The maximum atomic E-state index is 6.50. The topological polar surface area (TPSA) is 30.5 Å². The number of hydrogen-bond acceptors (Lipinski definition) is 3. The summed E-state index contributed by atoms with van der Waals surface area (Å²) >= 11 is 18.7. The average molecular weight is 451 g/mol. The quantitative estimate of drug-likeness (QED) is 0.387. The molecule has 6 heteroatoms. The predicted molar refractivity (Wildman–Crippen MR) is 122 cm³/mol. The summed E-state index contributed by atoms with van der Waals surface area (Å²) in [6, 6.07) is 17.3. The van der Waals surface area contributed by atoms with E-state index in [-0.39, 0.29) is 6.61 Å². The molecule has 0 amide bonds. The van der Waals surface area contributed by atoms with E-state index in [0.717, 1.165) is 23.2 Å². The zero-order chi connectivity index (χ0) is 20.8. The number of nitrogens with one attached hydrogen (secondary N) is 1. The molecule has 0 fully saturated rings. The van der Waals surface area contributed by atoms with Crippen LogP contribution in [0.1, 0.15) is 23.6 Å². The first-order valence-electron chi connectivity index (χ1n) is 9.26. The Kier molecular flexibility index (Phi) is 7.54. The van der Waals surface area contributed by atoms with Crippen molar-refractivity contribution in [3.8, 4) is 11.5 Å². The molecule has 152 valence electrons. The Morgan fingerprint density at radius 1 is 0.897 bits per heavy atom. The molecular formula is C23H22Cl3NO2. The van der Waals surface area contributed by atoms with Gasteiger partial charge in [-0.3, -0.25) is 0 Å². The molecule has 0 aliphatic heterocycles. The molecule has 3 nitrogen and oxygen atoms in total. The number of benzene rings is 3. The molecule has 0 radical (unpaired) electrons. The Hall–Kier alpha value is -2.07. The van der Waals surface area contributed by atoms with E-state index in [1.165, 1.54) is 5.56 Å². The van der Waals surface area contributed by atoms with Crippen molar-refractivity contribution in [1.29, 1.82) is 0 Å². The van der Waals surface area contributed by atoms with Crippen LogP contribution in [0, 0.1) is 0 Å². The summed E-state index contributed by atoms with van der Waals surface area (Å²) in [6.07, 6.45) is 0.966. The lowest BCUT2D eigenvalue weighted by atomic mass is 10.1. The fourth-order valence-corrected chi connectivity index (χ4v) is 3.75. The Bertz CT molecular complexity index is 992. The van der Waals surface area contributed by atoms with Gasteiger partial charge in [-0.1, -0.05) is 66.0 Å². The third-order valence-corrected chi connectivity index (χ3v) is 5.43. The number of halogens is 3. The highest BCUT2D eigenvalue weighted by molar-refractivity contribution is 6.35. The minimum atomic E-state index is 0.257. The molecule has 0 spiro atoms. The van der Waals surface area contributed by atoms with Crippen molar-refractivity contribution in [2.45, 2.75) is 26.5 Å². The zero-order valence-electron chi connectivity index (χ0n) is 16.3. The van der Waals surface area contributed by atoms with E-state index in [0.29, 0.717) is 33.1 Å². The summed E-state index contributed by atoms with van der Waals surface area (Å²) in [5.41, 5.74) is 4.19. The lowest BCUT2D eigenvalue weighted by molar-refractivity contribution is 0.284. The summed E-state index contributed by atoms with van der Waals surface area (Å²) in [5.74, 6) is 1.06. The van der Waals surface area contributed by atoms with Crippen LogP contribution >= 0.6 is 34.8 Å². The van der Waals surface area contributed by atoms with Crippen molar-refractivity contribution in [2.75, 3.05) is 12.4 Å². The van der Waals surface area contributed by atoms with Crippen LogP contribution in [0.2, 0.25) is 15.1 Å². The molecule has 0 unspecified atom stereocenters. The van der Waals surface area contributed by atoms with Crippen LogP contribution in [0.4, 0.5) is 5.69 Å². The van der Waals surface area contributed by atoms with Gasteiger partial charge in [0.25, 0.3) is 0 Å². The molecule has 0 saturated carbocycles. The first-order chi connectivity index (χ1) is 14.0. The number of ether oxygens (including phenoxy) is 2. The maximum absolute atomic E-state index is 6.50. The smallest absolute Gasteiger partial charge is 0.180 e. The summed E-state index contributed by atoms with van der Waals surface area (Å²) in [4.78, 5) is 0. The van der Waals surface area contributed by atoms with Crippen LogP contribution in [0.3, 0.4) is 0 Å². The van der Waals surface area contributed by atoms with Crippen molar-refractivity contribution < 1.29 is 9.47 Å². The van der Waals surface area contributed by atoms with Gasteiger partial charge in [0.15, 0.2) is 11.5 Å². The van der Waals surface area contributed by atoms with E-state index < -0.39 is 0 Å². The van der Waals surface area contributed by atoms with Gasteiger partial charge in [-0.25, -0.2) is 0 Å². The maximum Gasteiger partial charge on any atom is 0.180 e. The second kappa shape index (κ2) is 10.1. The van der Waals surface area contributed by atoms with Crippen molar-refractivity contribution in [3.63, 3.8) is 0 Å². The number of anilines is 1. The monoisotopic (exact) mass is 449 g/mol. The molecule has 3 aromatic rings. The van der Waals surface area contributed by atoms with Crippen molar-refractivity contribution in [2.24, 2.45) is 0 Å². The molecule has 0 aliphatic rings. The SMILES string of the molecule is CCc1ccccc1NCc1cc(Cl)c(OCc2ccc(Cl)cc2Cl)c(OC)c1. The number of para-hydroxylation sites is 1. The molecule has 1 N–H and O–H groups in total. The minimum Gasteiger partial charge on any atom is -0.493 e. The Labute approximate surface area is 186 Å². The minimum absolute atomic E-state index is 0.257. The van der Waals surface area contributed by atoms with Crippen LogP contribution in [0.15, 0.2) is 54.6 Å². The molecule has 0 aromatic heterocycles. The second-order valence-corrected chi connectivity index (χ2v) is 7.75. The second-order valence-electron chi connectivity index (χ2n) is 6.50. The standard InChI is InChI=1S/C23H22Cl3NO2/c1-3-16-6-4-5-7-21(16)27-13-15-10-20(26)23(22(11-15)28-2)29-14-17-8-9-18(24)12-19(17)25/h4-12,27H,3,13-14H2,1-2H3. The fourth-order valence-electron chi connectivity index (χ4n) is 3.00. The third kappa shape index (κ3) is 5.51. The number of methoxy groups -OCH3 is 1. The van der Waals surface area contributed by atoms with E-state index >= 15 is 0 Å². The number of hydrogen-bond donors (Lipinski definition) is 1. The summed E-state index contributed by atoms with van der Waals surface area (Å²) in [6.45, 7) is 3.02. The highest BCUT2D eigenvalue weighted by atomic mass is 35.5. The van der Waals surface area contributed by atoms with E-state index in [2.05, 4.69) is 24.4 Å². The van der Waals surface area contributed by atoms with Gasteiger partial charge in [0, 0.05) is 27.8 Å². The largest absolute Gasteiger partial charge is 0.493 e. The molecule has 3 rings (SSSR count). The normalized spacial score (nSPS) is 10.7. The predicted octanol–water partition coefficient (Wildman–Crippen LogP) is 7.41. The van der Waals surface area contributed by atoms with Gasteiger partial charge < -0.3 is 14.8 Å². The number of aryl methyl sites for hydroxylation is 1. The third-order valence-electron chi connectivity index (χ3n) is 4.56. The van der Waals surface area contributed by atoms with Gasteiger partial charge >= 0.3 is 0 Å². The lowest BCUT2D eigenvalue weighted by Crippen LogP contribution is -2.04. The van der Waals surface area contributed by atoms with Crippen molar-refractivity contribution in [1.82, 2.24) is 0 Å². The van der Waals surface area contributed by atoms with Crippen LogP contribution < -0.4 is 14.8 Å². The average Bonchev–Trinajstić information content (AvgIpc) is 2.72. The molecule has 0 aliphatic carbocycles. The highest BCUT2D eigenvalue weighted by Gasteiger charge is 2.14. The van der Waals surface area contributed by atoms with Gasteiger partial charge in [-0.2, -0.15) is 0 Å². The summed E-state index contributed by atoms with van der Waals surface area (Å²) < 4.78 is 11.4. The lowest BCUT2D eigenvalue weighted by Gasteiger charge is -2.16. The Balaban J connectivity index is 1.75. The fraction of sp³-hybridized carbons (Fsp3) is 0.217. The van der Waals surface area contributed by atoms with Gasteiger partial charge in [0.1, 0.15) is 6.61 Å². The zero-order valence-corrected chi connectivity index (χ0v) is 18.5. The van der Waals surface area contributed by atoms with Gasteiger partial charge in [-0.15, -0.1) is 0 Å². The molecule has 0 atom stereocenters. The van der Waals surface area contributed by atoms with E-state index in [1.807, 2.05) is 30.3 Å². The van der Waals surface area contributed by atoms with E-state index in [9.17, 15) is 0 Å². The molecule has 0 bridgehead atoms. The molecular weight excluding hydrogens is 429 g/mol. The van der Waals surface area contributed by atoms with Crippen LogP contribution in [0.5, 0.6) is 11.5 Å². The molecule has 29 heavy (non-hydrogen) atoms. The van der Waals surface area contributed by atoms with Crippen LogP contribution in [-0.2, 0) is 19.6 Å². The molecule has 0 saturated heterocycles. The van der Waals surface area contributed by atoms with Crippen LogP contribution in [-0.4, -0.2) is 7.11 Å². The highest BCUT2D eigenvalue weighted by Crippen LogP contribution is 2.37. The Morgan fingerprint density at radius 2 is 1.69 bits per heavy atom. The molecule has 3 aromatic carbocycles. The Morgan fingerprint density at radius 3 is 2.41 bits per heavy atom. The van der Waals surface area contributed by atoms with Gasteiger partial charge in [-0.05, 0) is 47.9 Å². The van der Waals surface area contributed by atoms with Gasteiger partial charge in [0.05, 0.1) is 12.1 Å². The summed E-state index contributed by atoms with van der Waals surface area (Å²) in [7, 11) is 1.59. The van der Waals surface area contributed by atoms with Crippen molar-refractivity contribution >= 4 is 40.5 Å². The first kappa shape index (κ1) is 21.6. The summed E-state index contributed by atoms with van der Waals surface area (Å²) in [5, 5.41) is 5.07. The van der Waals surface area contributed by atoms with Crippen LogP contribution in [0.25, 0.3) is 0 Å². The van der Waals surface area contributed by atoms with Gasteiger partial charge in [0.2, 0.25) is 0 Å². The number of rotatable bonds is 8. The molecule has 0 heterocycles. The first-order valence-corrected chi connectivity index (χ1v) is 10.4. The van der Waals surface area contributed by atoms with E-state index in [1.54, 1.807) is 19.2 Å².